The van der Waals surface area contributed by atoms with Crippen molar-refractivity contribution in [3.8, 4) is 0 Å². The number of alkyl halides is 1. The Morgan fingerprint density at radius 2 is 2.00 bits per heavy atom. The van der Waals surface area contributed by atoms with Crippen LogP contribution in [0.5, 0.6) is 0 Å². The Bertz CT molecular complexity index is 108. The number of rotatable bonds is 2. The molecule has 0 spiro atoms. The zero-order chi connectivity index (χ0) is 7.49. The van der Waals surface area contributed by atoms with Crippen LogP contribution in [0.1, 0.15) is 0 Å². The zero-order valence-electron chi connectivity index (χ0n) is 4.19. The molecule has 7 heteroatoms. The van der Waals surface area contributed by atoms with Gasteiger partial charge in [0.25, 0.3) is 0 Å². The third-order valence-corrected chi connectivity index (χ3v) is 0.782. The van der Waals surface area contributed by atoms with Crippen molar-refractivity contribution in [2.24, 2.45) is 0 Å². The molecule has 0 aromatic rings. The fraction of sp³-hybridized carbons (Fsp3) is 0.500. The number of hydrogen-bond donors (Lipinski definition) is 3. The van der Waals surface area contributed by atoms with Crippen LogP contribution in [0.25, 0.3) is 0 Å². The van der Waals surface area contributed by atoms with Crippen molar-refractivity contribution in [1.82, 2.24) is 0 Å². The summed E-state index contributed by atoms with van der Waals surface area (Å²) in [5.41, 5.74) is 0. The van der Waals surface area contributed by atoms with Crippen LogP contribution in [0.2, 0.25) is 0 Å². The van der Waals surface area contributed by atoms with Crippen molar-refractivity contribution < 1.29 is 28.4 Å². The minimum atomic E-state index is -4.58. The Labute approximate surface area is 50.4 Å². The van der Waals surface area contributed by atoms with Crippen LogP contribution in [0, 0.1) is 0 Å². The summed E-state index contributed by atoms with van der Waals surface area (Å²) in [6.45, 7) is -1.50. The lowest BCUT2D eigenvalue weighted by Gasteiger charge is -1.97. The molecule has 0 heterocycles. The predicted molar refractivity (Wildman–Crippen MR) is 25.6 cm³/mol. The van der Waals surface area contributed by atoms with E-state index >= 15 is 0 Å². The van der Waals surface area contributed by atoms with E-state index in [4.69, 9.17) is 14.7 Å². The average Bonchev–Trinajstić information content (AvgIpc) is 1.62. The molecule has 0 atom stereocenters. The molecule has 0 radical (unpaired) electrons. The van der Waals surface area contributed by atoms with Gasteiger partial charge in [0.05, 0.1) is 0 Å². The van der Waals surface area contributed by atoms with Gasteiger partial charge in [0, 0.05) is 0 Å². The molecule has 0 saturated heterocycles. The molecule has 5 nitrogen and oxygen atoms in total. The molecular weight excluding hydrogens is 154 g/mol. The molecule has 0 fully saturated rings. The van der Waals surface area contributed by atoms with Crippen molar-refractivity contribution in [1.29, 1.82) is 0 Å². The maximum Gasteiger partial charge on any atom is 0.616 e. The highest BCUT2D eigenvalue weighted by Crippen LogP contribution is 2.45. The van der Waals surface area contributed by atoms with Gasteiger partial charge in [0.2, 0.25) is 0 Å². The van der Waals surface area contributed by atoms with E-state index in [2.05, 4.69) is 4.52 Å². The first-order valence-corrected chi connectivity index (χ1v) is 3.38. The Kier molecular flexibility index (Phi) is 2.93. The molecule has 0 aromatic carbocycles. The van der Waals surface area contributed by atoms with Crippen LogP contribution in [0.3, 0.4) is 0 Å². The van der Waals surface area contributed by atoms with Crippen molar-refractivity contribution in [3.63, 3.8) is 0 Å². The normalized spacial score (nSPS) is 11.1. The molecule has 0 aliphatic heterocycles. The lowest BCUT2D eigenvalue weighted by molar-refractivity contribution is -0.137. The van der Waals surface area contributed by atoms with E-state index in [1.165, 1.54) is 0 Å². The molecular formula is C2H5FO5P+. The van der Waals surface area contributed by atoms with Gasteiger partial charge in [0.15, 0.2) is 6.67 Å². The first-order chi connectivity index (χ1) is 3.95. The SMILES string of the molecule is O=C(CF)O[P+](O)(O)O. The average molecular weight is 159 g/mol. The smallest absolute Gasteiger partial charge is 0.244 e. The molecule has 0 aliphatic rings. The quantitative estimate of drug-likeness (QED) is 0.457. The highest BCUT2D eigenvalue weighted by atomic mass is 31.2. The van der Waals surface area contributed by atoms with Gasteiger partial charge >= 0.3 is 14.1 Å². The highest BCUT2D eigenvalue weighted by molar-refractivity contribution is 7.53. The van der Waals surface area contributed by atoms with E-state index in [9.17, 15) is 9.18 Å². The van der Waals surface area contributed by atoms with Gasteiger partial charge in [-0.2, -0.15) is 14.7 Å². The Morgan fingerprint density at radius 3 is 2.11 bits per heavy atom. The van der Waals surface area contributed by atoms with Gasteiger partial charge < -0.3 is 0 Å². The molecule has 0 unspecified atom stereocenters. The Morgan fingerprint density at radius 1 is 1.56 bits per heavy atom. The van der Waals surface area contributed by atoms with Gasteiger partial charge in [-0.15, -0.1) is 0 Å². The van der Waals surface area contributed by atoms with Gasteiger partial charge in [-0.3, -0.25) is 0 Å². The van der Waals surface area contributed by atoms with Crippen molar-refractivity contribution in [2.75, 3.05) is 6.67 Å². The van der Waals surface area contributed by atoms with E-state index in [0.29, 0.717) is 0 Å². The van der Waals surface area contributed by atoms with Crippen LogP contribution in [-0.4, -0.2) is 27.3 Å². The van der Waals surface area contributed by atoms with Gasteiger partial charge in [0.1, 0.15) is 0 Å². The molecule has 9 heavy (non-hydrogen) atoms. The first kappa shape index (κ1) is 8.71. The maximum absolute atomic E-state index is 11.1. The molecule has 3 N–H and O–H groups in total. The second-order valence-corrected chi connectivity index (χ2v) is 2.32. The number of halogens is 1. The van der Waals surface area contributed by atoms with Crippen LogP contribution in [0.15, 0.2) is 0 Å². The molecule has 0 saturated carbocycles. The molecule has 0 aliphatic carbocycles. The first-order valence-electron chi connectivity index (χ1n) is 1.81. The minimum Gasteiger partial charge on any atom is -0.244 e. The molecule has 0 aromatic heterocycles. The minimum absolute atomic E-state index is 1.50. The van der Waals surface area contributed by atoms with Gasteiger partial charge in [-0.05, 0) is 0 Å². The van der Waals surface area contributed by atoms with E-state index in [-0.39, 0.29) is 0 Å². The topological polar surface area (TPSA) is 87.0 Å². The fourth-order valence-corrected chi connectivity index (χ4v) is 0.483. The van der Waals surface area contributed by atoms with Gasteiger partial charge in [-0.1, -0.05) is 0 Å². The van der Waals surface area contributed by atoms with Crippen LogP contribution >= 0.6 is 8.17 Å². The standard InChI is InChI=1S/C2H5FO5P/c3-1-2(4)8-9(5,6)7/h5-7H,1H2/q+1. The Hall–Kier alpha value is -0.290. The Balaban J connectivity index is 3.60. The molecule has 0 bridgehead atoms. The van der Waals surface area contributed by atoms with Crippen LogP contribution in [0.4, 0.5) is 4.39 Å². The summed E-state index contributed by atoms with van der Waals surface area (Å²) in [7, 11) is -4.58. The summed E-state index contributed by atoms with van der Waals surface area (Å²) < 4.78 is 14.5. The lowest BCUT2D eigenvalue weighted by Crippen LogP contribution is -2.06. The zero-order valence-corrected chi connectivity index (χ0v) is 5.08. The molecule has 0 rings (SSSR count). The van der Waals surface area contributed by atoms with E-state index in [1.54, 1.807) is 0 Å². The summed E-state index contributed by atoms with van der Waals surface area (Å²) in [6.07, 6.45) is 0. The van der Waals surface area contributed by atoms with E-state index < -0.39 is 20.8 Å². The third kappa shape index (κ3) is 5.58. The number of hydrogen-bond acceptors (Lipinski definition) is 5. The monoisotopic (exact) mass is 159 g/mol. The van der Waals surface area contributed by atoms with Crippen molar-refractivity contribution in [3.05, 3.63) is 0 Å². The van der Waals surface area contributed by atoms with Crippen LogP contribution < -0.4 is 0 Å². The summed E-state index contributed by atoms with van der Waals surface area (Å²) in [5.74, 6) is -1.50. The van der Waals surface area contributed by atoms with Crippen molar-refractivity contribution >= 4 is 14.1 Å². The van der Waals surface area contributed by atoms with E-state index in [0.717, 1.165) is 0 Å². The fourth-order valence-electron chi connectivity index (χ4n) is 0.161. The second-order valence-electron chi connectivity index (χ2n) is 1.11. The van der Waals surface area contributed by atoms with E-state index in [1.807, 2.05) is 0 Å². The summed E-state index contributed by atoms with van der Waals surface area (Å²) >= 11 is 0. The number of carbonyl (C=O) groups excluding carboxylic acids is 1. The largest absolute Gasteiger partial charge is 0.616 e. The molecule has 54 valence electrons. The number of carbonyl (C=O) groups is 1. The lowest BCUT2D eigenvalue weighted by atomic mass is 10.8. The summed E-state index contributed by atoms with van der Waals surface area (Å²) in [4.78, 5) is 33.6. The summed E-state index contributed by atoms with van der Waals surface area (Å²) in [6, 6.07) is 0. The molecule has 0 amide bonds. The summed E-state index contributed by atoms with van der Waals surface area (Å²) in [5, 5.41) is 0. The maximum atomic E-state index is 11.1. The second kappa shape index (κ2) is 3.03. The van der Waals surface area contributed by atoms with Gasteiger partial charge in [-0.25, -0.2) is 13.7 Å². The van der Waals surface area contributed by atoms with Crippen molar-refractivity contribution in [2.45, 2.75) is 0 Å². The third-order valence-electron chi connectivity index (χ3n) is 0.333. The van der Waals surface area contributed by atoms with Crippen LogP contribution in [-0.2, 0) is 9.32 Å². The highest BCUT2D eigenvalue weighted by Gasteiger charge is 2.37. The predicted octanol–water partition coefficient (Wildman–Crippen LogP) is -0.846.